The van der Waals surface area contributed by atoms with E-state index in [1.807, 2.05) is 13.8 Å². The van der Waals surface area contributed by atoms with Crippen LogP contribution >= 0.6 is 0 Å². The molecule has 0 aliphatic heterocycles. The molecule has 0 saturated carbocycles. The second-order valence-corrected chi connectivity index (χ2v) is 3.52. The van der Waals surface area contributed by atoms with Crippen molar-refractivity contribution >= 4 is 16.9 Å². The van der Waals surface area contributed by atoms with Gasteiger partial charge in [0.15, 0.2) is 0 Å². The normalized spacial score (nSPS) is 9.63. The van der Waals surface area contributed by atoms with E-state index in [9.17, 15) is 14.7 Å². The fourth-order valence-corrected chi connectivity index (χ4v) is 1.59. The average Bonchev–Trinajstić information content (AvgIpc) is 2.40. The molecule has 0 aliphatic carbocycles. The van der Waals surface area contributed by atoms with Gasteiger partial charge < -0.3 is 14.3 Å². The second-order valence-electron chi connectivity index (χ2n) is 3.52. The predicted molar refractivity (Wildman–Crippen MR) is 71.2 cm³/mol. The standard InChI is InChI=1S/C12H10O5.C2H6/c1-16-11(14)4-7-5-12(15)17-10-6-8(13)2-3-9(7)10;1-2/h2-3,5-6,13H,4H2,1H3;1-2H3. The molecule has 19 heavy (non-hydrogen) atoms. The zero-order valence-corrected chi connectivity index (χ0v) is 11.1. The molecule has 102 valence electrons. The number of carbonyl (C=O) groups excluding carboxylic acids is 1. The number of methoxy groups -OCH3 is 1. The third-order valence-corrected chi connectivity index (χ3v) is 2.38. The summed E-state index contributed by atoms with van der Waals surface area (Å²) in [6, 6.07) is 5.63. The molecule has 1 aromatic heterocycles. The molecule has 1 heterocycles. The Hall–Kier alpha value is -2.30. The molecule has 0 amide bonds. The fraction of sp³-hybridized carbons (Fsp3) is 0.286. The summed E-state index contributed by atoms with van der Waals surface area (Å²) in [5.74, 6) is -0.444. The largest absolute Gasteiger partial charge is 0.508 e. The highest BCUT2D eigenvalue weighted by Crippen LogP contribution is 2.22. The predicted octanol–water partition coefficient (Wildman–Crippen LogP) is 2.24. The van der Waals surface area contributed by atoms with E-state index in [0.29, 0.717) is 10.9 Å². The van der Waals surface area contributed by atoms with E-state index in [1.165, 1.54) is 25.3 Å². The van der Waals surface area contributed by atoms with E-state index in [1.54, 1.807) is 6.07 Å². The number of hydrogen-bond acceptors (Lipinski definition) is 5. The Labute approximate surface area is 110 Å². The maximum absolute atomic E-state index is 11.3. The minimum absolute atomic E-state index is 0.00383. The molecule has 5 nitrogen and oxygen atoms in total. The number of hydrogen-bond donors (Lipinski definition) is 1. The second kappa shape index (κ2) is 6.58. The van der Waals surface area contributed by atoms with Gasteiger partial charge in [0, 0.05) is 17.5 Å². The quantitative estimate of drug-likeness (QED) is 0.665. The van der Waals surface area contributed by atoms with Gasteiger partial charge in [0.2, 0.25) is 0 Å². The summed E-state index contributed by atoms with van der Waals surface area (Å²) in [5.41, 5.74) is 0.196. The smallest absolute Gasteiger partial charge is 0.336 e. The third-order valence-electron chi connectivity index (χ3n) is 2.38. The van der Waals surface area contributed by atoms with Gasteiger partial charge in [0.05, 0.1) is 13.5 Å². The van der Waals surface area contributed by atoms with Gasteiger partial charge >= 0.3 is 11.6 Å². The Balaban J connectivity index is 0.000000861. The Kier molecular flexibility index (Phi) is 5.11. The van der Waals surface area contributed by atoms with Crippen molar-refractivity contribution in [3.8, 4) is 5.75 Å². The number of benzene rings is 1. The van der Waals surface area contributed by atoms with Gasteiger partial charge in [0.25, 0.3) is 0 Å². The average molecular weight is 264 g/mol. The zero-order chi connectivity index (χ0) is 14.4. The van der Waals surface area contributed by atoms with Crippen molar-refractivity contribution in [1.29, 1.82) is 0 Å². The van der Waals surface area contributed by atoms with E-state index in [0.717, 1.165) is 0 Å². The molecule has 0 bridgehead atoms. The minimum Gasteiger partial charge on any atom is -0.508 e. The molecule has 0 fully saturated rings. The first kappa shape index (κ1) is 14.8. The van der Waals surface area contributed by atoms with Gasteiger partial charge in [-0.15, -0.1) is 0 Å². The summed E-state index contributed by atoms with van der Waals surface area (Å²) < 4.78 is 9.48. The highest BCUT2D eigenvalue weighted by molar-refractivity contribution is 5.85. The summed E-state index contributed by atoms with van der Waals surface area (Å²) in [7, 11) is 1.28. The van der Waals surface area contributed by atoms with Crippen LogP contribution in [-0.4, -0.2) is 18.2 Å². The number of rotatable bonds is 2. The fourth-order valence-electron chi connectivity index (χ4n) is 1.59. The molecule has 0 saturated heterocycles. The highest BCUT2D eigenvalue weighted by Gasteiger charge is 2.10. The molecule has 2 rings (SSSR count). The number of carbonyl (C=O) groups is 1. The van der Waals surface area contributed by atoms with Crippen LogP contribution in [0.2, 0.25) is 0 Å². The van der Waals surface area contributed by atoms with Gasteiger partial charge in [0.1, 0.15) is 11.3 Å². The molecule has 0 atom stereocenters. The lowest BCUT2D eigenvalue weighted by atomic mass is 10.1. The molecule has 0 radical (unpaired) electrons. The van der Waals surface area contributed by atoms with Gasteiger partial charge in [-0.2, -0.15) is 0 Å². The lowest BCUT2D eigenvalue weighted by molar-refractivity contribution is -0.139. The van der Waals surface area contributed by atoms with Crippen molar-refractivity contribution in [2.24, 2.45) is 0 Å². The summed E-state index contributed by atoms with van der Waals surface area (Å²) in [6.07, 6.45) is -0.0105. The summed E-state index contributed by atoms with van der Waals surface area (Å²) >= 11 is 0. The molecule has 1 aromatic carbocycles. The van der Waals surface area contributed by atoms with E-state index in [-0.39, 0.29) is 17.8 Å². The van der Waals surface area contributed by atoms with Gasteiger partial charge in [-0.25, -0.2) is 4.79 Å². The molecule has 0 spiro atoms. The van der Waals surface area contributed by atoms with Crippen molar-refractivity contribution in [3.63, 3.8) is 0 Å². The van der Waals surface area contributed by atoms with Crippen LogP contribution in [0, 0.1) is 0 Å². The van der Waals surface area contributed by atoms with E-state index >= 15 is 0 Å². The molecule has 5 heteroatoms. The molecule has 0 aliphatic rings. The summed E-state index contributed by atoms with van der Waals surface area (Å²) in [6.45, 7) is 4.00. The van der Waals surface area contributed by atoms with Gasteiger partial charge in [-0.3, -0.25) is 4.79 Å². The Morgan fingerprint density at radius 3 is 2.63 bits per heavy atom. The molecular weight excluding hydrogens is 248 g/mol. The molecule has 1 N–H and O–H groups in total. The van der Waals surface area contributed by atoms with Crippen LogP contribution in [0.25, 0.3) is 11.0 Å². The van der Waals surface area contributed by atoms with Crippen LogP contribution in [0.1, 0.15) is 19.4 Å². The zero-order valence-electron chi connectivity index (χ0n) is 11.1. The first-order chi connectivity index (χ1) is 9.10. The first-order valence-electron chi connectivity index (χ1n) is 5.92. The number of ether oxygens (including phenoxy) is 1. The topological polar surface area (TPSA) is 76.7 Å². The van der Waals surface area contributed by atoms with Crippen LogP contribution in [-0.2, 0) is 16.0 Å². The first-order valence-corrected chi connectivity index (χ1v) is 5.92. The van der Waals surface area contributed by atoms with E-state index in [4.69, 9.17) is 4.42 Å². The Morgan fingerprint density at radius 1 is 1.32 bits per heavy atom. The van der Waals surface area contributed by atoms with Crippen molar-refractivity contribution in [2.45, 2.75) is 20.3 Å². The number of fused-ring (bicyclic) bond motifs is 1. The molecule has 2 aromatic rings. The lowest BCUT2D eigenvalue weighted by Gasteiger charge is -2.04. The maximum Gasteiger partial charge on any atom is 0.336 e. The van der Waals surface area contributed by atoms with Crippen molar-refractivity contribution in [3.05, 3.63) is 40.2 Å². The van der Waals surface area contributed by atoms with Gasteiger partial charge in [-0.1, -0.05) is 13.8 Å². The monoisotopic (exact) mass is 264 g/mol. The van der Waals surface area contributed by atoms with Crippen LogP contribution < -0.4 is 5.63 Å². The van der Waals surface area contributed by atoms with Crippen LogP contribution in [0.3, 0.4) is 0 Å². The third kappa shape index (κ3) is 3.58. The van der Waals surface area contributed by atoms with E-state index in [2.05, 4.69) is 4.74 Å². The number of phenolic OH excluding ortho intramolecular Hbond substituents is 1. The minimum atomic E-state index is -0.568. The van der Waals surface area contributed by atoms with E-state index < -0.39 is 11.6 Å². The SMILES string of the molecule is CC.COC(=O)Cc1cc(=O)oc2cc(O)ccc12. The highest BCUT2D eigenvalue weighted by atomic mass is 16.5. The summed E-state index contributed by atoms with van der Waals surface area (Å²) in [4.78, 5) is 22.5. The van der Waals surface area contributed by atoms with Crippen molar-refractivity contribution < 1.29 is 19.1 Å². The Morgan fingerprint density at radius 2 is 2.00 bits per heavy atom. The summed E-state index contributed by atoms with van der Waals surface area (Å²) in [5, 5.41) is 9.89. The lowest BCUT2D eigenvalue weighted by Crippen LogP contribution is -2.08. The van der Waals surface area contributed by atoms with Crippen LogP contribution in [0.5, 0.6) is 5.75 Å². The number of aromatic hydroxyl groups is 1. The van der Waals surface area contributed by atoms with Crippen LogP contribution in [0.15, 0.2) is 33.5 Å². The molecular formula is C14H16O5. The van der Waals surface area contributed by atoms with Crippen molar-refractivity contribution in [2.75, 3.05) is 7.11 Å². The van der Waals surface area contributed by atoms with Crippen LogP contribution in [0.4, 0.5) is 0 Å². The van der Waals surface area contributed by atoms with Gasteiger partial charge in [-0.05, 0) is 17.7 Å². The number of esters is 1. The number of phenols is 1. The van der Waals surface area contributed by atoms with Crippen molar-refractivity contribution in [1.82, 2.24) is 0 Å². The Bertz CT molecular complexity index is 627. The maximum atomic E-state index is 11.3. The molecule has 0 unspecified atom stereocenters.